The molecule has 1 aromatic carbocycles. The Labute approximate surface area is 212 Å². The van der Waals surface area contributed by atoms with E-state index >= 15 is 0 Å². The van der Waals surface area contributed by atoms with E-state index in [2.05, 4.69) is 28.9 Å². The van der Waals surface area contributed by atoms with Crippen LogP contribution in [-0.2, 0) is 17.9 Å². The number of nitrogens with zero attached hydrogens (tertiary/aromatic N) is 2. The highest BCUT2D eigenvalue weighted by Gasteiger charge is 2.52. The molecule has 5 saturated carbocycles. The minimum atomic E-state index is -0.0304. The van der Waals surface area contributed by atoms with Crippen molar-refractivity contribution in [1.82, 2.24) is 15.1 Å². The van der Waals surface area contributed by atoms with E-state index < -0.39 is 0 Å². The van der Waals surface area contributed by atoms with Crippen molar-refractivity contribution in [3.05, 3.63) is 58.3 Å². The van der Waals surface area contributed by atoms with Crippen molar-refractivity contribution in [2.75, 3.05) is 13.1 Å². The summed E-state index contributed by atoms with van der Waals surface area (Å²) in [6.07, 6.45) is 9.80. The highest BCUT2D eigenvalue weighted by Crippen LogP contribution is 2.55. The number of nitrogens with one attached hydrogen (secondary N) is 1. The molecule has 6 heteroatoms. The lowest BCUT2D eigenvalue weighted by molar-refractivity contribution is -0.133. The number of thiophene rings is 1. The quantitative estimate of drug-likeness (QED) is 0.492. The predicted octanol–water partition coefficient (Wildman–Crippen LogP) is 5.67. The normalized spacial score (nSPS) is 28.6. The SMILES string of the molecule is O=C(CN(CC1CC1)C(=O)NC12CC3CC(CC(C3)C1)C2)N(Cc1ccccc1)Cc1cccs1. The van der Waals surface area contributed by atoms with Crippen LogP contribution >= 0.6 is 11.3 Å². The van der Waals surface area contributed by atoms with E-state index in [-0.39, 0.29) is 24.0 Å². The molecule has 0 atom stereocenters. The van der Waals surface area contributed by atoms with Crippen LogP contribution in [0.15, 0.2) is 47.8 Å². The molecule has 1 aromatic heterocycles. The molecule has 4 bridgehead atoms. The molecule has 0 aliphatic heterocycles. The first kappa shape index (κ1) is 23.1. The lowest BCUT2D eigenvalue weighted by Gasteiger charge is -2.57. The fourth-order valence-electron chi connectivity index (χ4n) is 7.29. The molecule has 1 heterocycles. The van der Waals surface area contributed by atoms with Crippen LogP contribution in [-0.4, -0.2) is 40.4 Å². The van der Waals surface area contributed by atoms with Crippen molar-refractivity contribution < 1.29 is 9.59 Å². The van der Waals surface area contributed by atoms with Crippen molar-refractivity contribution in [2.45, 2.75) is 70.0 Å². The molecular weight excluding hydrogens is 454 g/mol. The van der Waals surface area contributed by atoms with Gasteiger partial charge in [0.25, 0.3) is 0 Å². The topological polar surface area (TPSA) is 52.7 Å². The maximum Gasteiger partial charge on any atom is 0.318 e. The number of hydrogen-bond acceptors (Lipinski definition) is 3. The lowest BCUT2D eigenvalue weighted by atomic mass is 9.53. The number of amides is 3. The van der Waals surface area contributed by atoms with Crippen LogP contribution in [0.2, 0.25) is 0 Å². The Bertz CT molecular complexity index is 998. The molecule has 0 unspecified atom stereocenters. The summed E-state index contributed by atoms with van der Waals surface area (Å²) in [5.41, 5.74) is 1.08. The monoisotopic (exact) mass is 491 g/mol. The summed E-state index contributed by atoms with van der Waals surface area (Å²) in [5, 5.41) is 5.57. The van der Waals surface area contributed by atoms with E-state index in [9.17, 15) is 9.59 Å². The molecule has 1 N–H and O–H groups in total. The van der Waals surface area contributed by atoms with Crippen LogP contribution in [0.4, 0.5) is 4.79 Å². The summed E-state index contributed by atoms with van der Waals surface area (Å²) < 4.78 is 0. The van der Waals surface area contributed by atoms with E-state index in [4.69, 9.17) is 0 Å². The fraction of sp³-hybridized carbons (Fsp3) is 0.586. The second-order valence-electron chi connectivity index (χ2n) is 11.8. The van der Waals surface area contributed by atoms with Crippen molar-refractivity contribution in [3.8, 4) is 0 Å². The zero-order valence-electron chi connectivity index (χ0n) is 20.5. The van der Waals surface area contributed by atoms with Gasteiger partial charge in [-0.15, -0.1) is 11.3 Å². The minimum absolute atomic E-state index is 0.0111. The van der Waals surface area contributed by atoms with Gasteiger partial charge < -0.3 is 15.1 Å². The molecule has 0 radical (unpaired) electrons. The highest BCUT2D eigenvalue weighted by molar-refractivity contribution is 7.09. The van der Waals surface area contributed by atoms with Gasteiger partial charge in [-0.3, -0.25) is 4.79 Å². The van der Waals surface area contributed by atoms with Crippen molar-refractivity contribution in [3.63, 3.8) is 0 Å². The molecule has 5 fully saturated rings. The second-order valence-corrected chi connectivity index (χ2v) is 12.8. The number of carbonyl (C=O) groups is 2. The Morgan fingerprint density at radius 3 is 2.17 bits per heavy atom. The van der Waals surface area contributed by atoms with Crippen LogP contribution in [0.3, 0.4) is 0 Å². The summed E-state index contributed by atoms with van der Waals surface area (Å²) in [7, 11) is 0. The van der Waals surface area contributed by atoms with Gasteiger partial charge in [-0.25, -0.2) is 4.79 Å². The Morgan fingerprint density at radius 2 is 1.57 bits per heavy atom. The van der Waals surface area contributed by atoms with E-state index in [1.165, 1.54) is 24.1 Å². The molecule has 7 rings (SSSR count). The van der Waals surface area contributed by atoms with E-state index in [1.807, 2.05) is 34.1 Å². The minimum Gasteiger partial charge on any atom is -0.333 e. The highest BCUT2D eigenvalue weighted by atomic mass is 32.1. The Morgan fingerprint density at radius 1 is 0.886 bits per heavy atom. The molecule has 2 aromatic rings. The molecule has 5 aliphatic carbocycles. The maximum atomic E-state index is 13.7. The summed E-state index contributed by atoms with van der Waals surface area (Å²) in [6, 6.07) is 14.3. The van der Waals surface area contributed by atoms with E-state index in [0.29, 0.717) is 25.6 Å². The fourth-order valence-corrected chi connectivity index (χ4v) is 8.01. The molecule has 5 aliphatic rings. The van der Waals surface area contributed by atoms with Gasteiger partial charge >= 0.3 is 6.03 Å². The molecular formula is C29H37N3O2S. The third-order valence-corrected chi connectivity index (χ3v) is 9.56. The molecule has 35 heavy (non-hydrogen) atoms. The molecule has 0 saturated heterocycles. The number of carbonyl (C=O) groups excluding carboxylic acids is 2. The van der Waals surface area contributed by atoms with Gasteiger partial charge in [0.2, 0.25) is 5.91 Å². The first-order valence-corrected chi connectivity index (χ1v) is 14.3. The second kappa shape index (κ2) is 9.61. The standard InChI is InChI=1S/C29H37N3O2S/c33-27(31(19-26-7-4-10-35-26)17-21-5-2-1-3-6-21)20-32(18-22-8-9-22)28(34)30-29-14-23-11-24(15-29)13-25(12-23)16-29/h1-7,10,22-25H,8-9,11-20H2,(H,30,34). The van der Waals surface area contributed by atoms with Gasteiger partial charge in [-0.1, -0.05) is 36.4 Å². The average Bonchev–Trinajstić information content (AvgIpc) is 3.49. The maximum absolute atomic E-state index is 13.7. The van der Waals surface area contributed by atoms with Crippen LogP contribution in [0, 0.1) is 23.7 Å². The van der Waals surface area contributed by atoms with Crippen molar-refractivity contribution >= 4 is 23.3 Å². The number of rotatable bonds is 9. The van der Waals surface area contributed by atoms with Crippen molar-refractivity contribution in [1.29, 1.82) is 0 Å². The first-order valence-electron chi connectivity index (χ1n) is 13.4. The summed E-state index contributed by atoms with van der Waals surface area (Å²) in [6.45, 7) is 2.00. The van der Waals surface area contributed by atoms with Crippen LogP contribution in [0.25, 0.3) is 0 Å². The first-order chi connectivity index (χ1) is 17.0. The van der Waals surface area contributed by atoms with Gasteiger partial charge in [0.05, 0.1) is 6.54 Å². The zero-order valence-corrected chi connectivity index (χ0v) is 21.3. The van der Waals surface area contributed by atoms with E-state index in [1.54, 1.807) is 11.3 Å². The van der Waals surface area contributed by atoms with Gasteiger partial charge in [0, 0.05) is 23.5 Å². The zero-order chi connectivity index (χ0) is 23.8. The Kier molecular flexibility index (Phi) is 6.34. The number of benzene rings is 1. The number of hydrogen-bond donors (Lipinski definition) is 1. The van der Waals surface area contributed by atoms with Gasteiger partial charge in [-0.2, -0.15) is 0 Å². The van der Waals surface area contributed by atoms with Gasteiger partial charge in [-0.05, 0) is 92.0 Å². The Hall–Kier alpha value is -2.34. The average molecular weight is 492 g/mol. The van der Waals surface area contributed by atoms with E-state index in [0.717, 1.165) is 55.4 Å². The third kappa shape index (κ3) is 5.42. The largest absolute Gasteiger partial charge is 0.333 e. The Balaban J connectivity index is 1.16. The van der Waals surface area contributed by atoms with Crippen LogP contribution in [0.5, 0.6) is 0 Å². The molecule has 3 amide bonds. The summed E-state index contributed by atoms with van der Waals surface area (Å²) in [4.78, 5) is 32.3. The van der Waals surface area contributed by atoms with Crippen LogP contribution < -0.4 is 5.32 Å². The lowest BCUT2D eigenvalue weighted by Crippen LogP contribution is -2.62. The molecule has 0 spiro atoms. The summed E-state index contributed by atoms with van der Waals surface area (Å²) in [5.74, 6) is 2.93. The molecule has 5 nitrogen and oxygen atoms in total. The summed E-state index contributed by atoms with van der Waals surface area (Å²) >= 11 is 1.67. The third-order valence-electron chi connectivity index (χ3n) is 8.69. The van der Waals surface area contributed by atoms with Gasteiger partial charge in [0.1, 0.15) is 6.54 Å². The van der Waals surface area contributed by atoms with Crippen molar-refractivity contribution in [2.24, 2.45) is 23.7 Å². The smallest absolute Gasteiger partial charge is 0.318 e. The molecule has 186 valence electrons. The van der Waals surface area contributed by atoms with Crippen LogP contribution in [0.1, 0.15) is 61.8 Å². The van der Waals surface area contributed by atoms with Gasteiger partial charge in [0.15, 0.2) is 0 Å². The number of urea groups is 1. The predicted molar refractivity (Wildman–Crippen MR) is 139 cm³/mol.